The third-order valence-corrected chi connectivity index (χ3v) is 13.3. The first-order valence-corrected chi connectivity index (χ1v) is 22.2. The van der Waals surface area contributed by atoms with Gasteiger partial charge < -0.3 is 4.57 Å². The van der Waals surface area contributed by atoms with Crippen molar-refractivity contribution in [3.63, 3.8) is 0 Å². The van der Waals surface area contributed by atoms with Gasteiger partial charge in [0.1, 0.15) is 5.82 Å². The number of nitrogens with zero attached hydrogens (tertiary/aromatic N) is 4. The lowest BCUT2D eigenvalue weighted by molar-refractivity contribution is 0.661. The molecule has 0 radical (unpaired) electrons. The van der Waals surface area contributed by atoms with Crippen LogP contribution in [0.3, 0.4) is 0 Å². The first kappa shape index (κ1) is 37.8. The Labute approximate surface area is 373 Å². The normalized spacial score (nSPS) is 14.0. The summed E-state index contributed by atoms with van der Waals surface area (Å²) in [4.78, 5) is 15.8. The Morgan fingerprint density at radius 1 is 0.469 bits per heavy atom. The predicted octanol–water partition coefficient (Wildman–Crippen LogP) is 14.8. The Morgan fingerprint density at radius 3 is 2.03 bits per heavy atom. The molecule has 2 heterocycles. The molecule has 0 aliphatic heterocycles. The van der Waals surface area contributed by atoms with E-state index in [1.165, 1.54) is 60.5 Å². The summed E-state index contributed by atoms with van der Waals surface area (Å²) in [6.07, 6.45) is 10.3. The van der Waals surface area contributed by atoms with Crippen LogP contribution in [0.1, 0.15) is 54.2 Å². The van der Waals surface area contributed by atoms with Gasteiger partial charge in [-0.05, 0) is 86.0 Å². The van der Waals surface area contributed by atoms with Gasteiger partial charge in [0.2, 0.25) is 0 Å². The van der Waals surface area contributed by atoms with Crippen molar-refractivity contribution in [3.8, 4) is 39.3 Å². The van der Waals surface area contributed by atoms with Gasteiger partial charge >= 0.3 is 0 Å². The molecule has 0 fully saturated rings. The highest BCUT2D eigenvalue weighted by Crippen LogP contribution is 2.51. The molecule has 4 nitrogen and oxygen atoms in total. The van der Waals surface area contributed by atoms with Crippen LogP contribution in [-0.4, -0.2) is 19.5 Å². The molecule has 0 saturated heterocycles. The molecule has 8 aromatic carbocycles. The Bertz CT molecular complexity index is 3560. The molecule has 0 saturated carbocycles. The lowest BCUT2D eigenvalue weighted by Gasteiger charge is -2.22. The van der Waals surface area contributed by atoms with E-state index in [-0.39, 0.29) is 5.41 Å². The molecule has 4 heteroatoms. The summed E-state index contributed by atoms with van der Waals surface area (Å²) in [5.74, 6) is 2.05. The van der Waals surface area contributed by atoms with Gasteiger partial charge in [0.15, 0.2) is 11.6 Å². The second-order valence-electron chi connectivity index (χ2n) is 17.5. The third-order valence-electron chi connectivity index (χ3n) is 13.3. The molecule has 304 valence electrons. The Balaban J connectivity index is 1.04. The summed E-state index contributed by atoms with van der Waals surface area (Å²) >= 11 is 0. The quantitative estimate of drug-likeness (QED) is 0.161. The Kier molecular flexibility index (Phi) is 8.94. The van der Waals surface area contributed by atoms with Crippen molar-refractivity contribution in [2.45, 2.75) is 32.1 Å². The molecule has 0 atom stereocenters. The highest BCUT2D eigenvalue weighted by atomic mass is 15.0. The molecule has 2 aromatic heterocycles. The summed E-state index contributed by atoms with van der Waals surface area (Å²) < 4.78 is 2.47. The predicted molar refractivity (Wildman–Crippen MR) is 266 cm³/mol. The van der Waals surface area contributed by atoms with E-state index < -0.39 is 0 Å². The van der Waals surface area contributed by atoms with E-state index in [0.29, 0.717) is 18.1 Å². The molecule has 2 aliphatic carbocycles. The van der Waals surface area contributed by atoms with E-state index in [1.54, 1.807) is 0 Å². The number of hydrogen-bond donors (Lipinski definition) is 0. The van der Waals surface area contributed by atoms with Crippen LogP contribution in [0.25, 0.3) is 83.1 Å². The average Bonchev–Trinajstić information content (AvgIpc) is 3.62. The first-order valence-electron chi connectivity index (χ1n) is 22.2. The second-order valence-corrected chi connectivity index (χ2v) is 17.5. The number of fused-ring (bicyclic) bond motifs is 7. The maximum Gasteiger partial charge on any atom is 0.163 e. The summed E-state index contributed by atoms with van der Waals surface area (Å²) in [5.41, 5.74) is 16.4. The molecule has 0 bridgehead atoms. The number of para-hydroxylation sites is 1. The first-order chi connectivity index (χ1) is 31.5. The second kappa shape index (κ2) is 15.1. The van der Waals surface area contributed by atoms with Crippen LogP contribution >= 0.6 is 0 Å². The van der Waals surface area contributed by atoms with Crippen LogP contribution in [0.4, 0.5) is 0 Å². The van der Waals surface area contributed by atoms with Gasteiger partial charge in [-0.3, -0.25) is 0 Å². The van der Waals surface area contributed by atoms with Crippen LogP contribution in [0, 0.1) is 0 Å². The van der Waals surface area contributed by atoms with Gasteiger partial charge in [0.25, 0.3) is 0 Å². The zero-order chi connectivity index (χ0) is 42.8. The van der Waals surface area contributed by atoms with Crippen molar-refractivity contribution >= 4 is 43.7 Å². The molecule has 64 heavy (non-hydrogen) atoms. The van der Waals surface area contributed by atoms with Crippen molar-refractivity contribution in [1.82, 2.24) is 19.5 Å². The minimum Gasteiger partial charge on any atom is -0.309 e. The standard InChI is InChI=1S/C60H44N4/c1-60(2)52-29-13-11-26-48(52)50-37-51-49-27-12-14-30-54(49)64(56(51)38-53(50)60)55-36-44(33-34-47(55)41-19-7-4-8-20-41)59-62-57(35-39-17-5-3-6-18-39)61-58(63-59)43-24-15-22-42(31-32-43)46-28-16-23-40-21-9-10-25-45(40)46/h3-14,16-34,36-38H,15,35H2,1-2H3. The van der Waals surface area contributed by atoms with Gasteiger partial charge in [0.05, 0.1) is 16.7 Å². The lowest BCUT2D eigenvalue weighted by atomic mass is 9.82. The van der Waals surface area contributed by atoms with Crippen molar-refractivity contribution in [3.05, 3.63) is 240 Å². The minimum absolute atomic E-state index is 0.145. The highest BCUT2D eigenvalue weighted by molar-refractivity contribution is 6.12. The average molecular weight is 821 g/mol. The number of benzene rings is 8. The van der Waals surface area contributed by atoms with Gasteiger partial charge in [-0.25, -0.2) is 15.0 Å². The molecule has 0 spiro atoms. The number of aromatic nitrogens is 4. The zero-order valence-corrected chi connectivity index (χ0v) is 35.8. The smallest absolute Gasteiger partial charge is 0.163 e. The molecule has 12 rings (SSSR count). The van der Waals surface area contributed by atoms with Crippen LogP contribution in [0.2, 0.25) is 0 Å². The van der Waals surface area contributed by atoms with Crippen molar-refractivity contribution in [1.29, 1.82) is 0 Å². The highest BCUT2D eigenvalue weighted by Gasteiger charge is 2.36. The van der Waals surface area contributed by atoms with Crippen LogP contribution in [0.5, 0.6) is 0 Å². The molecule has 0 N–H and O–H groups in total. The molecule has 2 aliphatic rings. The Morgan fingerprint density at radius 2 is 1.16 bits per heavy atom. The van der Waals surface area contributed by atoms with E-state index in [4.69, 9.17) is 15.0 Å². The van der Waals surface area contributed by atoms with E-state index in [0.717, 1.165) is 51.3 Å². The summed E-state index contributed by atoms with van der Waals surface area (Å²) in [7, 11) is 0. The summed E-state index contributed by atoms with van der Waals surface area (Å²) in [5, 5.41) is 4.94. The van der Waals surface area contributed by atoms with Crippen molar-refractivity contribution in [2.24, 2.45) is 0 Å². The SMILES string of the molecule is CC1(C)c2ccccc2-c2cc3c4ccccc4n(-c4cc(-c5nc(Cc6ccccc6)nc(C6=CCC=C(c7cccc8ccccc78)C=C6)n5)ccc4-c4ccccc4)c3cc21. The fourth-order valence-electron chi connectivity index (χ4n) is 10.1. The summed E-state index contributed by atoms with van der Waals surface area (Å²) in [6.45, 7) is 4.72. The molecular formula is C60H44N4. The lowest BCUT2D eigenvalue weighted by Crippen LogP contribution is -2.15. The van der Waals surface area contributed by atoms with Crippen molar-refractivity contribution < 1.29 is 0 Å². The Hall–Kier alpha value is -7.95. The molecular weight excluding hydrogens is 777 g/mol. The van der Waals surface area contributed by atoms with E-state index in [9.17, 15) is 0 Å². The van der Waals surface area contributed by atoms with Gasteiger partial charge in [0, 0.05) is 39.3 Å². The molecule has 0 unspecified atom stereocenters. The fraction of sp³-hybridized carbons (Fsp3) is 0.0833. The third kappa shape index (κ3) is 6.33. The number of hydrogen-bond acceptors (Lipinski definition) is 3. The van der Waals surface area contributed by atoms with E-state index >= 15 is 0 Å². The number of allylic oxidation sites excluding steroid dienone is 6. The topological polar surface area (TPSA) is 43.6 Å². The van der Waals surface area contributed by atoms with E-state index in [2.05, 4.69) is 219 Å². The van der Waals surface area contributed by atoms with Crippen LogP contribution in [-0.2, 0) is 11.8 Å². The summed E-state index contributed by atoms with van der Waals surface area (Å²) in [6, 6.07) is 65.7. The fourth-order valence-corrected chi connectivity index (χ4v) is 10.1. The van der Waals surface area contributed by atoms with E-state index in [1.807, 2.05) is 6.07 Å². The van der Waals surface area contributed by atoms with Gasteiger partial charge in [-0.1, -0.05) is 196 Å². The van der Waals surface area contributed by atoms with Crippen LogP contribution in [0.15, 0.2) is 206 Å². The van der Waals surface area contributed by atoms with Gasteiger partial charge in [-0.2, -0.15) is 0 Å². The van der Waals surface area contributed by atoms with Crippen LogP contribution < -0.4 is 0 Å². The zero-order valence-electron chi connectivity index (χ0n) is 35.8. The number of rotatable bonds is 7. The molecule has 10 aromatic rings. The largest absolute Gasteiger partial charge is 0.309 e. The monoisotopic (exact) mass is 820 g/mol. The maximum absolute atomic E-state index is 5.32. The minimum atomic E-state index is -0.145. The van der Waals surface area contributed by atoms with Crippen molar-refractivity contribution in [2.75, 3.05) is 0 Å². The van der Waals surface area contributed by atoms with Gasteiger partial charge in [-0.15, -0.1) is 0 Å². The molecule has 0 amide bonds. The maximum atomic E-state index is 5.32.